The van der Waals surface area contributed by atoms with Gasteiger partial charge in [-0.3, -0.25) is 4.68 Å². The van der Waals surface area contributed by atoms with Gasteiger partial charge in [-0.2, -0.15) is 10.2 Å². The lowest BCUT2D eigenvalue weighted by Crippen LogP contribution is -2.00. The summed E-state index contributed by atoms with van der Waals surface area (Å²) in [4.78, 5) is 16.1. The van der Waals surface area contributed by atoms with Crippen molar-refractivity contribution in [1.29, 1.82) is 0 Å². The van der Waals surface area contributed by atoms with E-state index in [1.54, 1.807) is 36.1 Å². The molecule has 0 aliphatic heterocycles. The van der Waals surface area contributed by atoms with E-state index in [2.05, 4.69) is 15.2 Å². The molecule has 3 aromatic heterocycles. The molecule has 26 heavy (non-hydrogen) atoms. The van der Waals surface area contributed by atoms with Gasteiger partial charge in [-0.25, -0.2) is 18.7 Å². The van der Waals surface area contributed by atoms with E-state index in [0.29, 0.717) is 11.3 Å². The van der Waals surface area contributed by atoms with Crippen LogP contribution in [0, 0.1) is 5.82 Å². The molecule has 0 amide bonds. The Kier molecular flexibility index (Phi) is 3.72. The fourth-order valence-corrected chi connectivity index (χ4v) is 2.82. The van der Waals surface area contributed by atoms with E-state index in [-0.39, 0.29) is 11.5 Å². The molecule has 0 spiro atoms. The van der Waals surface area contributed by atoms with Crippen molar-refractivity contribution in [2.24, 2.45) is 7.05 Å². The molecule has 3 heterocycles. The minimum atomic E-state index is -0.536. The zero-order valence-corrected chi connectivity index (χ0v) is 14.0. The Morgan fingerprint density at radius 1 is 1.12 bits per heavy atom. The third-order valence-electron chi connectivity index (χ3n) is 3.99. The molecule has 4 aromatic rings. The summed E-state index contributed by atoms with van der Waals surface area (Å²) in [5.74, 6) is -0.847. The van der Waals surface area contributed by atoms with Crippen LogP contribution in [0.1, 0.15) is 10.5 Å². The van der Waals surface area contributed by atoms with Crippen molar-refractivity contribution < 1.29 is 13.9 Å². The molecule has 130 valence electrons. The first kappa shape index (κ1) is 15.9. The molecule has 8 heteroatoms. The van der Waals surface area contributed by atoms with Crippen LogP contribution in [0.15, 0.2) is 48.9 Å². The highest BCUT2D eigenvalue weighted by Crippen LogP contribution is 2.32. The number of halogens is 1. The first-order chi connectivity index (χ1) is 12.6. The molecule has 0 aliphatic carbocycles. The van der Waals surface area contributed by atoms with Crippen LogP contribution in [-0.4, -0.2) is 37.5 Å². The minimum Gasteiger partial charge on any atom is -0.464 e. The van der Waals surface area contributed by atoms with Gasteiger partial charge in [0, 0.05) is 36.1 Å². The van der Waals surface area contributed by atoms with Crippen LogP contribution in [0.5, 0.6) is 0 Å². The molecule has 7 nitrogen and oxygen atoms in total. The maximum Gasteiger partial charge on any atom is 0.358 e. The number of imidazole rings is 1. The smallest absolute Gasteiger partial charge is 0.358 e. The van der Waals surface area contributed by atoms with Crippen molar-refractivity contribution in [3.8, 4) is 22.4 Å². The average molecular weight is 351 g/mol. The van der Waals surface area contributed by atoms with Gasteiger partial charge in [0.05, 0.1) is 13.3 Å². The topological polar surface area (TPSA) is 74.3 Å². The van der Waals surface area contributed by atoms with Crippen molar-refractivity contribution in [1.82, 2.24) is 24.4 Å². The lowest BCUT2D eigenvalue weighted by Gasteiger charge is -2.04. The highest BCUT2D eigenvalue weighted by atomic mass is 19.1. The maximum absolute atomic E-state index is 13.3. The van der Waals surface area contributed by atoms with E-state index < -0.39 is 5.97 Å². The molecule has 0 radical (unpaired) electrons. The highest BCUT2D eigenvalue weighted by Gasteiger charge is 2.19. The number of hydrogen-bond donors (Lipinski definition) is 0. The Balaban J connectivity index is 1.92. The molecular weight excluding hydrogens is 337 g/mol. The Morgan fingerprint density at radius 2 is 1.88 bits per heavy atom. The number of nitrogens with zero attached hydrogens (tertiary/aromatic N) is 5. The molecule has 0 N–H and O–H groups in total. The number of hydrogen-bond acceptors (Lipinski definition) is 5. The van der Waals surface area contributed by atoms with Crippen LogP contribution in [0.25, 0.3) is 28.0 Å². The molecule has 0 fully saturated rings. The number of aryl methyl sites for hydroxylation is 1. The number of ether oxygens (including phenoxy) is 1. The minimum absolute atomic E-state index is 0.166. The SMILES string of the molecule is COC(=O)c1cn2nccc(-c3cn(C)nc3-c3ccc(F)cc3)c2n1. The third-order valence-corrected chi connectivity index (χ3v) is 3.99. The van der Waals surface area contributed by atoms with Crippen LogP contribution in [0.2, 0.25) is 0 Å². The summed E-state index contributed by atoms with van der Waals surface area (Å²) < 4.78 is 21.2. The number of fused-ring (bicyclic) bond motifs is 1. The van der Waals surface area contributed by atoms with Gasteiger partial charge in [0.1, 0.15) is 11.5 Å². The molecule has 0 saturated carbocycles. The van der Waals surface area contributed by atoms with Gasteiger partial charge in [0.2, 0.25) is 0 Å². The molecule has 0 bridgehead atoms. The maximum atomic E-state index is 13.3. The molecule has 1 aromatic carbocycles. The van der Waals surface area contributed by atoms with Crippen molar-refractivity contribution in [3.63, 3.8) is 0 Å². The quantitative estimate of drug-likeness (QED) is 0.531. The zero-order chi connectivity index (χ0) is 18.3. The zero-order valence-electron chi connectivity index (χ0n) is 14.0. The summed E-state index contributed by atoms with van der Waals surface area (Å²) in [5.41, 5.74) is 3.68. The van der Waals surface area contributed by atoms with Gasteiger partial charge in [-0.1, -0.05) is 0 Å². The van der Waals surface area contributed by atoms with E-state index in [0.717, 1.165) is 16.7 Å². The van der Waals surface area contributed by atoms with Crippen molar-refractivity contribution >= 4 is 11.6 Å². The largest absolute Gasteiger partial charge is 0.464 e. The highest BCUT2D eigenvalue weighted by molar-refractivity contribution is 5.91. The Bertz CT molecular complexity index is 1110. The van der Waals surface area contributed by atoms with Crippen LogP contribution < -0.4 is 0 Å². The van der Waals surface area contributed by atoms with Crippen molar-refractivity contribution in [2.75, 3.05) is 7.11 Å². The van der Waals surface area contributed by atoms with Crippen molar-refractivity contribution in [3.05, 3.63) is 60.4 Å². The monoisotopic (exact) mass is 351 g/mol. The normalized spacial score (nSPS) is 11.0. The van der Waals surface area contributed by atoms with E-state index >= 15 is 0 Å². The number of carbonyl (C=O) groups excluding carboxylic acids is 1. The molecule has 0 unspecified atom stereocenters. The number of methoxy groups -OCH3 is 1. The van der Waals surface area contributed by atoms with Crippen LogP contribution in [0.3, 0.4) is 0 Å². The first-order valence-corrected chi connectivity index (χ1v) is 7.79. The lowest BCUT2D eigenvalue weighted by molar-refractivity contribution is 0.0595. The van der Waals surface area contributed by atoms with E-state index in [4.69, 9.17) is 4.74 Å². The molecule has 0 aliphatic rings. The number of benzene rings is 1. The Morgan fingerprint density at radius 3 is 2.62 bits per heavy atom. The number of aromatic nitrogens is 5. The van der Waals surface area contributed by atoms with Gasteiger partial charge in [0.15, 0.2) is 11.3 Å². The Labute approximate surface area is 147 Å². The summed E-state index contributed by atoms with van der Waals surface area (Å²) >= 11 is 0. The van der Waals surface area contributed by atoms with Gasteiger partial charge in [0.25, 0.3) is 0 Å². The number of rotatable bonds is 3. The second kappa shape index (κ2) is 6.07. The second-order valence-corrected chi connectivity index (χ2v) is 5.70. The van der Waals surface area contributed by atoms with Gasteiger partial charge in [-0.15, -0.1) is 0 Å². The summed E-state index contributed by atoms with van der Waals surface area (Å²) in [6.07, 6.45) is 4.98. The third kappa shape index (κ3) is 2.61. The molecule has 0 saturated heterocycles. The fraction of sp³-hybridized carbons (Fsp3) is 0.111. The van der Waals surface area contributed by atoms with Crippen LogP contribution in [0.4, 0.5) is 4.39 Å². The number of carbonyl (C=O) groups is 1. The van der Waals surface area contributed by atoms with Gasteiger partial charge < -0.3 is 4.74 Å². The summed E-state index contributed by atoms with van der Waals surface area (Å²) in [6.45, 7) is 0. The number of esters is 1. The van der Waals surface area contributed by atoms with Crippen LogP contribution in [-0.2, 0) is 11.8 Å². The van der Waals surface area contributed by atoms with Gasteiger partial charge in [-0.05, 0) is 30.3 Å². The first-order valence-electron chi connectivity index (χ1n) is 7.79. The predicted molar refractivity (Wildman–Crippen MR) is 91.9 cm³/mol. The van der Waals surface area contributed by atoms with Crippen LogP contribution >= 0.6 is 0 Å². The second-order valence-electron chi connectivity index (χ2n) is 5.70. The van der Waals surface area contributed by atoms with E-state index in [9.17, 15) is 9.18 Å². The summed E-state index contributed by atoms with van der Waals surface area (Å²) in [6, 6.07) is 7.92. The predicted octanol–water partition coefficient (Wildman–Crippen LogP) is 2.72. The lowest BCUT2D eigenvalue weighted by atomic mass is 10.0. The van der Waals surface area contributed by atoms with Crippen molar-refractivity contribution in [2.45, 2.75) is 0 Å². The standard InChI is InChI=1S/C18H14FN5O2/c1-23-9-14(16(22-23)11-3-5-12(19)6-4-11)13-7-8-20-24-10-15(18(25)26-2)21-17(13)24/h3-10H,1-2H3. The molecular formula is C18H14FN5O2. The fourth-order valence-electron chi connectivity index (χ4n) is 2.82. The molecule has 0 atom stereocenters. The van der Waals surface area contributed by atoms with E-state index in [1.165, 1.54) is 30.0 Å². The Hall–Kier alpha value is -3.55. The summed E-state index contributed by atoms with van der Waals surface area (Å²) in [7, 11) is 3.11. The average Bonchev–Trinajstić information content (AvgIpc) is 3.25. The molecule has 4 rings (SSSR count). The van der Waals surface area contributed by atoms with E-state index in [1.807, 2.05) is 6.20 Å². The summed E-state index contributed by atoms with van der Waals surface area (Å²) in [5, 5.41) is 8.69. The van der Waals surface area contributed by atoms with Gasteiger partial charge >= 0.3 is 5.97 Å².